The molecule has 0 unspecified atom stereocenters. The lowest BCUT2D eigenvalue weighted by molar-refractivity contribution is 0.0688. The van der Waals surface area contributed by atoms with Crippen LogP contribution in [0.2, 0.25) is 5.02 Å². The molecule has 10 heteroatoms. The number of aromatic nitrogens is 5. The first kappa shape index (κ1) is 24.4. The highest BCUT2D eigenvalue weighted by Crippen LogP contribution is 2.28. The van der Waals surface area contributed by atoms with Crippen LogP contribution in [0.1, 0.15) is 36.8 Å². The Balaban J connectivity index is 1.72. The highest BCUT2D eigenvalue weighted by molar-refractivity contribution is 6.32. The second-order valence-corrected chi connectivity index (χ2v) is 8.87. The van der Waals surface area contributed by atoms with Crippen LogP contribution in [-0.2, 0) is 12.2 Å². The molecule has 0 bridgehead atoms. The van der Waals surface area contributed by atoms with Crippen molar-refractivity contribution in [1.29, 1.82) is 0 Å². The first-order chi connectivity index (χ1) is 16.5. The maximum atomic E-state index is 13.3. The van der Waals surface area contributed by atoms with Gasteiger partial charge in [-0.25, -0.2) is 15.0 Å². The van der Waals surface area contributed by atoms with E-state index in [0.717, 1.165) is 0 Å². The molecule has 0 aliphatic rings. The molecule has 4 aromatic rings. The summed E-state index contributed by atoms with van der Waals surface area (Å²) in [6.07, 6.45) is 1.56. The second-order valence-electron chi connectivity index (χ2n) is 8.46. The second kappa shape index (κ2) is 9.52. The van der Waals surface area contributed by atoms with Crippen LogP contribution in [0.25, 0.3) is 16.9 Å². The fraction of sp³-hybridized carbons (Fsp3) is 0.240. The Hall–Kier alpha value is -3.69. The van der Waals surface area contributed by atoms with E-state index >= 15 is 0 Å². The van der Waals surface area contributed by atoms with Gasteiger partial charge in [-0.05, 0) is 58.0 Å². The molecule has 8 nitrogen and oxygen atoms in total. The number of halogens is 2. The molecule has 0 saturated carbocycles. The van der Waals surface area contributed by atoms with Gasteiger partial charge in [0.05, 0.1) is 27.7 Å². The van der Waals surface area contributed by atoms with Crippen LogP contribution in [0.5, 0.6) is 5.88 Å². The van der Waals surface area contributed by atoms with Gasteiger partial charge in [-0.15, -0.1) is 0 Å². The van der Waals surface area contributed by atoms with Gasteiger partial charge in [-0.1, -0.05) is 23.7 Å². The molecule has 0 atom stereocenters. The minimum Gasteiger partial charge on any atom is -0.471 e. The minimum atomic E-state index is -1.21. The van der Waals surface area contributed by atoms with Crippen molar-refractivity contribution in [1.82, 2.24) is 24.5 Å². The van der Waals surface area contributed by atoms with E-state index in [9.17, 15) is 14.3 Å². The minimum absolute atomic E-state index is 0.0397. The van der Waals surface area contributed by atoms with Gasteiger partial charge in [0, 0.05) is 11.8 Å². The van der Waals surface area contributed by atoms with Crippen LogP contribution in [0, 0.1) is 19.8 Å². The highest BCUT2D eigenvalue weighted by atomic mass is 35.5. The summed E-state index contributed by atoms with van der Waals surface area (Å²) in [5, 5.41) is 10.6. The Morgan fingerprint density at radius 2 is 1.89 bits per heavy atom. The lowest BCUT2D eigenvalue weighted by atomic mass is 10.1. The van der Waals surface area contributed by atoms with Gasteiger partial charge >= 0.3 is 0 Å². The van der Waals surface area contributed by atoms with Crippen LogP contribution in [-0.4, -0.2) is 29.6 Å². The summed E-state index contributed by atoms with van der Waals surface area (Å²) in [6.45, 7) is 6.42. The molecule has 3 aromatic heterocycles. The van der Waals surface area contributed by atoms with Crippen molar-refractivity contribution in [3.05, 3.63) is 92.9 Å². The highest BCUT2D eigenvalue weighted by Gasteiger charge is 2.21. The Bertz CT molecular complexity index is 1470. The third kappa shape index (κ3) is 5.21. The molecule has 0 spiro atoms. The summed E-state index contributed by atoms with van der Waals surface area (Å²) in [7, 11) is 0. The average Bonchev–Trinajstić information content (AvgIpc) is 2.81. The van der Waals surface area contributed by atoms with Crippen LogP contribution < -0.4 is 10.3 Å². The molecule has 1 N–H and O–H groups in total. The predicted octanol–water partition coefficient (Wildman–Crippen LogP) is 4.30. The van der Waals surface area contributed by atoms with E-state index in [1.165, 1.54) is 16.7 Å². The molecule has 4 rings (SSSR count). The van der Waals surface area contributed by atoms with Crippen molar-refractivity contribution < 1.29 is 14.2 Å². The number of aryl methyl sites for hydroxylation is 1. The zero-order valence-electron chi connectivity index (χ0n) is 19.6. The molecule has 0 radical (unpaired) electrons. The van der Waals surface area contributed by atoms with E-state index in [-0.39, 0.29) is 29.4 Å². The molecule has 0 saturated heterocycles. The fourth-order valence-electron chi connectivity index (χ4n) is 3.44. The summed E-state index contributed by atoms with van der Waals surface area (Å²) < 4.78 is 20.4. The number of rotatable bonds is 6. The maximum absolute atomic E-state index is 13.3. The number of nitrogens with zero attached hydrogens (tertiary/aromatic N) is 5. The summed E-state index contributed by atoms with van der Waals surface area (Å²) in [5.74, 6) is 0.135. The van der Waals surface area contributed by atoms with Crippen LogP contribution in [0.3, 0.4) is 0 Å². The van der Waals surface area contributed by atoms with E-state index in [1.54, 1.807) is 64.2 Å². The van der Waals surface area contributed by atoms with Crippen molar-refractivity contribution in [2.45, 2.75) is 39.9 Å². The SMILES string of the molecule is Cc1c(OCc2cccc(F)n2)nc(C)n(-c2cc(-c3ccnc(C(C)(C)O)n3)ccc2Cl)c1=O. The first-order valence-corrected chi connectivity index (χ1v) is 11.1. The number of hydrogen-bond acceptors (Lipinski definition) is 7. The van der Waals surface area contributed by atoms with Crippen molar-refractivity contribution in [2.24, 2.45) is 0 Å². The van der Waals surface area contributed by atoms with Crippen molar-refractivity contribution in [3.8, 4) is 22.8 Å². The topological polar surface area (TPSA) is 103 Å². The van der Waals surface area contributed by atoms with E-state index in [0.29, 0.717) is 33.5 Å². The lowest BCUT2D eigenvalue weighted by Gasteiger charge is -2.17. The van der Waals surface area contributed by atoms with Crippen LogP contribution in [0.4, 0.5) is 4.39 Å². The predicted molar refractivity (Wildman–Crippen MR) is 129 cm³/mol. The molecule has 35 heavy (non-hydrogen) atoms. The molecule has 0 aliphatic heterocycles. The molecule has 3 heterocycles. The van der Waals surface area contributed by atoms with E-state index in [1.807, 2.05) is 0 Å². The van der Waals surface area contributed by atoms with Gasteiger partial charge in [0.25, 0.3) is 5.56 Å². The molecule has 180 valence electrons. The monoisotopic (exact) mass is 495 g/mol. The number of benzene rings is 1. The summed E-state index contributed by atoms with van der Waals surface area (Å²) in [5.41, 5.74) is 0.727. The first-order valence-electron chi connectivity index (χ1n) is 10.8. The molecule has 0 amide bonds. The maximum Gasteiger partial charge on any atom is 0.264 e. The third-order valence-electron chi connectivity index (χ3n) is 5.25. The number of pyridine rings is 1. The van der Waals surface area contributed by atoms with E-state index in [4.69, 9.17) is 16.3 Å². The van der Waals surface area contributed by atoms with Gasteiger partial charge in [-0.3, -0.25) is 9.36 Å². The molecule has 1 aromatic carbocycles. The quantitative estimate of drug-likeness (QED) is 0.398. The van der Waals surface area contributed by atoms with Crippen molar-refractivity contribution in [2.75, 3.05) is 0 Å². The van der Waals surface area contributed by atoms with Crippen LogP contribution in [0.15, 0.2) is 53.5 Å². The van der Waals surface area contributed by atoms with Gasteiger partial charge in [0.15, 0.2) is 5.82 Å². The number of aliphatic hydroxyl groups is 1. The fourth-order valence-corrected chi connectivity index (χ4v) is 3.64. The van der Waals surface area contributed by atoms with Gasteiger partial charge in [-0.2, -0.15) is 9.37 Å². The van der Waals surface area contributed by atoms with Crippen LogP contribution >= 0.6 is 11.6 Å². The Labute approximate surface area is 206 Å². The molecular formula is C25H23ClFN5O3. The average molecular weight is 496 g/mol. The zero-order valence-corrected chi connectivity index (χ0v) is 20.3. The van der Waals surface area contributed by atoms with Crippen molar-refractivity contribution in [3.63, 3.8) is 0 Å². The Morgan fingerprint density at radius 3 is 2.60 bits per heavy atom. The van der Waals surface area contributed by atoms with E-state index < -0.39 is 11.5 Å². The van der Waals surface area contributed by atoms with Crippen molar-refractivity contribution >= 4 is 11.6 Å². The smallest absolute Gasteiger partial charge is 0.264 e. The summed E-state index contributed by atoms with van der Waals surface area (Å²) in [6, 6.07) is 11.3. The lowest BCUT2D eigenvalue weighted by Crippen LogP contribution is -2.25. The number of ether oxygens (including phenoxy) is 1. The third-order valence-corrected chi connectivity index (χ3v) is 5.57. The van der Waals surface area contributed by atoms with E-state index in [2.05, 4.69) is 19.9 Å². The van der Waals surface area contributed by atoms with Gasteiger partial charge in [0.1, 0.15) is 18.0 Å². The molecule has 0 fully saturated rings. The van der Waals surface area contributed by atoms with Gasteiger partial charge < -0.3 is 9.84 Å². The Morgan fingerprint density at radius 1 is 1.11 bits per heavy atom. The summed E-state index contributed by atoms with van der Waals surface area (Å²) >= 11 is 6.48. The molecular weight excluding hydrogens is 473 g/mol. The van der Waals surface area contributed by atoms with Gasteiger partial charge in [0.2, 0.25) is 11.8 Å². The zero-order chi connectivity index (χ0) is 25.3. The standard InChI is InChI=1S/C25H23ClFN5O3/c1-14-22(35-13-17-6-5-7-21(27)30-17)29-15(2)32(23(14)33)20-12-16(8-9-18(20)26)19-10-11-28-24(31-19)25(3,4)34/h5-12,34H,13H2,1-4H3. The summed E-state index contributed by atoms with van der Waals surface area (Å²) in [4.78, 5) is 30.1. The molecule has 0 aliphatic carbocycles. The number of hydrogen-bond donors (Lipinski definition) is 1. The largest absolute Gasteiger partial charge is 0.471 e. The normalized spacial score (nSPS) is 11.5. The Kier molecular flexibility index (Phi) is 6.64.